The van der Waals surface area contributed by atoms with Gasteiger partial charge in [0.15, 0.2) is 6.29 Å². The Morgan fingerprint density at radius 2 is 2.31 bits per heavy atom. The van der Waals surface area contributed by atoms with Crippen molar-refractivity contribution in [2.24, 2.45) is 0 Å². The molecule has 0 radical (unpaired) electrons. The van der Waals surface area contributed by atoms with E-state index >= 15 is 0 Å². The number of rotatable bonds is 4. The third-order valence-electron chi connectivity index (χ3n) is 2.78. The van der Waals surface area contributed by atoms with Crippen LogP contribution in [0.5, 0.6) is 0 Å². The molecule has 0 atom stereocenters. The molecule has 0 aromatic carbocycles. The molecule has 2 heterocycles. The summed E-state index contributed by atoms with van der Waals surface area (Å²) in [5.74, 6) is 0.861. The molecular weight excluding hydrogens is 204 g/mol. The van der Waals surface area contributed by atoms with Crippen molar-refractivity contribution in [2.45, 2.75) is 26.8 Å². The molecule has 0 saturated heterocycles. The molecule has 0 amide bonds. The van der Waals surface area contributed by atoms with Crippen LogP contribution < -0.4 is 0 Å². The highest BCUT2D eigenvalue weighted by Gasteiger charge is 2.08. The van der Waals surface area contributed by atoms with Gasteiger partial charge in [0, 0.05) is 29.9 Å². The van der Waals surface area contributed by atoms with Crippen LogP contribution in [0.4, 0.5) is 0 Å². The van der Waals surface area contributed by atoms with Crippen LogP contribution in [-0.4, -0.2) is 26.0 Å². The number of nitrogens with one attached hydrogen (secondary N) is 1. The highest BCUT2D eigenvalue weighted by atomic mass is 16.1. The highest BCUT2D eigenvalue weighted by molar-refractivity contribution is 5.77. The van der Waals surface area contributed by atoms with E-state index in [9.17, 15) is 4.79 Å². The molecule has 0 aliphatic heterocycles. The van der Waals surface area contributed by atoms with Crippen molar-refractivity contribution in [1.82, 2.24) is 19.7 Å². The summed E-state index contributed by atoms with van der Waals surface area (Å²) < 4.78 is 2.12. The van der Waals surface area contributed by atoms with Gasteiger partial charge in [-0.15, -0.1) is 0 Å². The van der Waals surface area contributed by atoms with Crippen molar-refractivity contribution in [3.05, 3.63) is 35.2 Å². The van der Waals surface area contributed by atoms with Gasteiger partial charge in [0.2, 0.25) is 0 Å². The Kier molecular flexibility index (Phi) is 2.85. The predicted molar refractivity (Wildman–Crippen MR) is 59.4 cm³/mol. The maximum absolute atomic E-state index is 10.8. The predicted octanol–water partition coefficient (Wildman–Crippen LogP) is 1.28. The molecule has 0 aliphatic rings. The second-order valence-corrected chi connectivity index (χ2v) is 3.78. The van der Waals surface area contributed by atoms with Crippen LogP contribution in [0.3, 0.4) is 0 Å². The number of hydrogen-bond donors (Lipinski definition) is 1. The molecule has 2 aromatic heterocycles. The van der Waals surface area contributed by atoms with Gasteiger partial charge < -0.3 is 4.57 Å². The maximum atomic E-state index is 10.8. The van der Waals surface area contributed by atoms with E-state index in [1.54, 1.807) is 0 Å². The first-order valence-electron chi connectivity index (χ1n) is 5.18. The molecule has 2 aromatic rings. The Morgan fingerprint density at radius 3 is 2.88 bits per heavy atom. The van der Waals surface area contributed by atoms with Crippen molar-refractivity contribution < 1.29 is 4.79 Å². The summed E-state index contributed by atoms with van der Waals surface area (Å²) in [6, 6.07) is 1.91. The average Bonchev–Trinajstić information content (AvgIpc) is 2.86. The van der Waals surface area contributed by atoms with Gasteiger partial charge in [-0.25, -0.2) is 4.98 Å². The number of H-pyrrole nitrogens is 1. The maximum Gasteiger partial charge on any atom is 0.151 e. The number of carbonyl (C=O) groups is 1. The number of nitrogens with zero attached hydrogens (tertiary/aromatic N) is 3. The third-order valence-corrected chi connectivity index (χ3v) is 2.78. The molecule has 0 unspecified atom stereocenters. The first-order chi connectivity index (χ1) is 7.72. The summed E-state index contributed by atoms with van der Waals surface area (Å²) in [7, 11) is 0. The topological polar surface area (TPSA) is 63.6 Å². The van der Waals surface area contributed by atoms with Crippen molar-refractivity contribution >= 4 is 6.29 Å². The minimum atomic E-state index is 0.759. The van der Waals surface area contributed by atoms with E-state index in [1.807, 2.05) is 19.9 Å². The first kappa shape index (κ1) is 10.6. The molecule has 16 heavy (non-hydrogen) atoms. The number of hydrogen-bond acceptors (Lipinski definition) is 3. The quantitative estimate of drug-likeness (QED) is 0.786. The van der Waals surface area contributed by atoms with E-state index < -0.39 is 0 Å². The van der Waals surface area contributed by atoms with Crippen LogP contribution in [0.25, 0.3) is 0 Å². The lowest BCUT2D eigenvalue weighted by Gasteiger charge is -2.07. The molecule has 0 fully saturated rings. The SMILES string of the molecule is Cc1cc(C=O)c(C)n1CCc1ncn[nH]1. The molecule has 5 heteroatoms. The molecule has 0 spiro atoms. The largest absolute Gasteiger partial charge is 0.348 e. The Hall–Kier alpha value is -1.91. The summed E-state index contributed by atoms with van der Waals surface area (Å²) in [4.78, 5) is 14.9. The smallest absolute Gasteiger partial charge is 0.151 e. The van der Waals surface area contributed by atoms with Gasteiger partial charge in [-0.05, 0) is 19.9 Å². The van der Waals surface area contributed by atoms with Gasteiger partial charge in [-0.3, -0.25) is 9.89 Å². The molecular formula is C11H14N4O. The number of carbonyl (C=O) groups excluding carboxylic acids is 1. The fraction of sp³-hybridized carbons (Fsp3) is 0.364. The third kappa shape index (κ3) is 1.88. The van der Waals surface area contributed by atoms with Crippen LogP contribution in [0.15, 0.2) is 12.4 Å². The first-order valence-corrected chi connectivity index (χ1v) is 5.18. The van der Waals surface area contributed by atoms with Crippen molar-refractivity contribution in [3.63, 3.8) is 0 Å². The number of aryl methyl sites for hydroxylation is 2. The highest BCUT2D eigenvalue weighted by Crippen LogP contribution is 2.13. The Balaban J connectivity index is 2.15. The lowest BCUT2D eigenvalue weighted by molar-refractivity contribution is 0.112. The minimum Gasteiger partial charge on any atom is -0.348 e. The van der Waals surface area contributed by atoms with Gasteiger partial charge in [0.25, 0.3) is 0 Å². The monoisotopic (exact) mass is 218 g/mol. The number of aldehydes is 1. The van der Waals surface area contributed by atoms with Gasteiger partial charge in [-0.1, -0.05) is 0 Å². The summed E-state index contributed by atoms with van der Waals surface area (Å²) in [6.45, 7) is 4.76. The Labute approximate surface area is 93.5 Å². The van der Waals surface area contributed by atoms with E-state index in [4.69, 9.17) is 0 Å². The number of aromatic nitrogens is 4. The van der Waals surface area contributed by atoms with E-state index in [1.165, 1.54) is 6.33 Å². The molecule has 0 saturated carbocycles. The molecule has 2 rings (SSSR count). The average molecular weight is 218 g/mol. The van der Waals surface area contributed by atoms with E-state index in [0.29, 0.717) is 0 Å². The zero-order valence-electron chi connectivity index (χ0n) is 9.40. The summed E-state index contributed by atoms with van der Waals surface area (Å²) in [6.07, 6.45) is 3.18. The fourth-order valence-corrected chi connectivity index (χ4v) is 1.86. The summed E-state index contributed by atoms with van der Waals surface area (Å²) in [5.41, 5.74) is 2.86. The van der Waals surface area contributed by atoms with Crippen molar-refractivity contribution in [2.75, 3.05) is 0 Å². The van der Waals surface area contributed by atoms with Crippen molar-refractivity contribution in [3.8, 4) is 0 Å². The normalized spacial score (nSPS) is 10.6. The van der Waals surface area contributed by atoms with E-state index in [0.717, 1.165) is 42.0 Å². The van der Waals surface area contributed by atoms with Crippen LogP contribution in [-0.2, 0) is 13.0 Å². The molecule has 84 valence electrons. The second kappa shape index (κ2) is 4.30. The summed E-state index contributed by atoms with van der Waals surface area (Å²) in [5, 5.41) is 6.62. The molecule has 5 nitrogen and oxygen atoms in total. The van der Waals surface area contributed by atoms with Crippen LogP contribution >= 0.6 is 0 Å². The zero-order chi connectivity index (χ0) is 11.5. The fourth-order valence-electron chi connectivity index (χ4n) is 1.86. The second-order valence-electron chi connectivity index (χ2n) is 3.78. The van der Waals surface area contributed by atoms with Crippen LogP contribution in [0.2, 0.25) is 0 Å². The van der Waals surface area contributed by atoms with Crippen LogP contribution in [0, 0.1) is 13.8 Å². The van der Waals surface area contributed by atoms with E-state index in [2.05, 4.69) is 19.7 Å². The zero-order valence-corrected chi connectivity index (χ0v) is 9.40. The standard InChI is InChI=1S/C11H14N4O/c1-8-5-10(6-16)9(2)15(8)4-3-11-12-7-13-14-11/h5-7H,3-4H2,1-2H3,(H,12,13,14). The molecule has 0 bridgehead atoms. The number of aromatic amines is 1. The molecule has 0 aliphatic carbocycles. The van der Waals surface area contributed by atoms with Gasteiger partial charge >= 0.3 is 0 Å². The lowest BCUT2D eigenvalue weighted by atomic mass is 10.3. The summed E-state index contributed by atoms with van der Waals surface area (Å²) >= 11 is 0. The van der Waals surface area contributed by atoms with Gasteiger partial charge in [0.05, 0.1) is 0 Å². The lowest BCUT2D eigenvalue weighted by Crippen LogP contribution is -2.06. The van der Waals surface area contributed by atoms with Gasteiger partial charge in [0.1, 0.15) is 12.2 Å². The molecule has 1 N–H and O–H groups in total. The van der Waals surface area contributed by atoms with Crippen LogP contribution in [0.1, 0.15) is 27.6 Å². The van der Waals surface area contributed by atoms with E-state index in [-0.39, 0.29) is 0 Å². The minimum absolute atomic E-state index is 0.759. The van der Waals surface area contributed by atoms with Crippen molar-refractivity contribution in [1.29, 1.82) is 0 Å². The Morgan fingerprint density at radius 1 is 1.50 bits per heavy atom. The Bertz CT molecular complexity index is 484. The van der Waals surface area contributed by atoms with Gasteiger partial charge in [-0.2, -0.15) is 5.10 Å².